The largest absolute Gasteiger partial charge is 0.493 e. The second-order valence-corrected chi connectivity index (χ2v) is 8.20. The van der Waals surface area contributed by atoms with E-state index in [4.69, 9.17) is 14.2 Å². The lowest BCUT2D eigenvalue weighted by molar-refractivity contribution is -0.122. The lowest BCUT2D eigenvalue weighted by atomic mass is 10.1. The molecule has 0 spiro atoms. The van der Waals surface area contributed by atoms with Gasteiger partial charge in [-0.2, -0.15) is 5.10 Å². The van der Waals surface area contributed by atoms with E-state index in [0.717, 1.165) is 16.9 Å². The number of aryl methyl sites for hydroxylation is 2. The molecule has 1 atom stereocenters. The highest BCUT2D eigenvalue weighted by Crippen LogP contribution is 2.42. The molecule has 4 rings (SSSR count). The van der Waals surface area contributed by atoms with Gasteiger partial charge in [0, 0.05) is 31.2 Å². The molecule has 0 radical (unpaired) electrons. The van der Waals surface area contributed by atoms with Gasteiger partial charge in [-0.3, -0.25) is 9.59 Å². The van der Waals surface area contributed by atoms with Gasteiger partial charge in [0.15, 0.2) is 11.5 Å². The van der Waals surface area contributed by atoms with Crippen LogP contribution in [0.5, 0.6) is 17.2 Å². The van der Waals surface area contributed by atoms with Crippen molar-refractivity contribution in [3.63, 3.8) is 0 Å². The highest BCUT2D eigenvalue weighted by atomic mass is 16.5. The fraction of sp³-hybridized carbons (Fsp3) is 0.320. The number of hydrogen-bond acceptors (Lipinski definition) is 6. The normalized spacial score (nSPS) is 15.4. The third kappa shape index (κ3) is 4.41. The summed E-state index contributed by atoms with van der Waals surface area (Å²) in [4.78, 5) is 27.5. The number of carbonyl (C=O) groups excluding carboxylic acids is 2. The van der Waals surface area contributed by atoms with Gasteiger partial charge in [0.1, 0.15) is 5.82 Å². The number of hydrogen-bond donors (Lipinski definition) is 1. The summed E-state index contributed by atoms with van der Waals surface area (Å²) in [6.45, 7) is 4.12. The second-order valence-electron chi connectivity index (χ2n) is 8.20. The number of aromatic nitrogens is 2. The van der Waals surface area contributed by atoms with Crippen molar-refractivity contribution in [3.8, 4) is 22.9 Å². The molecule has 9 heteroatoms. The monoisotopic (exact) mass is 464 g/mol. The molecule has 2 amide bonds. The number of rotatable bonds is 7. The van der Waals surface area contributed by atoms with E-state index in [1.807, 2.05) is 44.2 Å². The Morgan fingerprint density at radius 2 is 1.62 bits per heavy atom. The Bertz CT molecular complexity index is 1190. The molecule has 1 unspecified atom stereocenters. The van der Waals surface area contributed by atoms with Crippen molar-refractivity contribution >= 4 is 23.3 Å². The van der Waals surface area contributed by atoms with Crippen LogP contribution in [0, 0.1) is 19.8 Å². The summed E-state index contributed by atoms with van der Waals surface area (Å²) in [5.41, 5.74) is 3.33. The molecule has 1 aromatic heterocycles. The number of ether oxygens (including phenoxy) is 3. The molecule has 34 heavy (non-hydrogen) atoms. The molecule has 1 saturated heterocycles. The summed E-state index contributed by atoms with van der Waals surface area (Å²) in [5.74, 6) is 0.965. The SMILES string of the molecule is COc1cc(N2CC(C(=O)Nc3cc(C)nn3-c3ccc(C)cc3)CC2=O)cc(OC)c1OC. The van der Waals surface area contributed by atoms with Gasteiger partial charge in [0.2, 0.25) is 17.6 Å². The number of methoxy groups -OCH3 is 3. The summed E-state index contributed by atoms with van der Waals surface area (Å²) < 4.78 is 17.9. The standard InChI is InChI=1S/C25H28N4O5/c1-15-6-8-18(9-7-15)29-22(10-16(2)27-29)26-25(31)17-11-23(30)28(14-17)19-12-20(32-3)24(34-5)21(13-19)33-4/h6-10,12-13,17H,11,14H2,1-5H3,(H,26,31). The molecule has 178 valence electrons. The molecule has 9 nitrogen and oxygen atoms in total. The Kier molecular flexibility index (Phi) is 6.45. The van der Waals surface area contributed by atoms with Crippen molar-refractivity contribution in [2.24, 2.45) is 5.92 Å². The third-order valence-corrected chi connectivity index (χ3v) is 5.82. The van der Waals surface area contributed by atoms with Gasteiger partial charge in [-0.15, -0.1) is 0 Å². The van der Waals surface area contributed by atoms with Gasteiger partial charge in [0.05, 0.1) is 44.3 Å². The smallest absolute Gasteiger partial charge is 0.230 e. The van der Waals surface area contributed by atoms with E-state index < -0.39 is 5.92 Å². The molecule has 0 bridgehead atoms. The number of carbonyl (C=O) groups is 2. The van der Waals surface area contributed by atoms with Crippen LogP contribution in [0.3, 0.4) is 0 Å². The predicted molar refractivity (Wildman–Crippen MR) is 128 cm³/mol. The molecule has 3 aromatic rings. The van der Waals surface area contributed by atoms with Crippen LogP contribution in [0.25, 0.3) is 5.69 Å². The summed E-state index contributed by atoms with van der Waals surface area (Å²) in [6, 6.07) is 13.1. The van der Waals surface area contributed by atoms with Crippen LogP contribution in [0.1, 0.15) is 17.7 Å². The van der Waals surface area contributed by atoms with E-state index in [0.29, 0.717) is 28.8 Å². The highest BCUT2D eigenvalue weighted by molar-refractivity contribution is 6.03. The van der Waals surface area contributed by atoms with Crippen molar-refractivity contribution in [2.45, 2.75) is 20.3 Å². The van der Waals surface area contributed by atoms with Crippen LogP contribution in [0.15, 0.2) is 42.5 Å². The van der Waals surface area contributed by atoms with Crippen LogP contribution in [0.2, 0.25) is 0 Å². The Morgan fingerprint density at radius 3 is 2.21 bits per heavy atom. The van der Waals surface area contributed by atoms with Crippen LogP contribution in [0.4, 0.5) is 11.5 Å². The first kappa shape index (κ1) is 23.2. The molecule has 0 aliphatic carbocycles. The maximum absolute atomic E-state index is 13.1. The first-order valence-corrected chi connectivity index (χ1v) is 10.9. The zero-order chi connectivity index (χ0) is 24.4. The first-order chi connectivity index (χ1) is 16.3. The van der Waals surface area contributed by atoms with Crippen molar-refractivity contribution < 1.29 is 23.8 Å². The van der Waals surface area contributed by atoms with Crippen molar-refractivity contribution in [1.29, 1.82) is 0 Å². The summed E-state index contributed by atoms with van der Waals surface area (Å²) >= 11 is 0. The number of benzene rings is 2. The van der Waals surface area contributed by atoms with Crippen LogP contribution in [-0.4, -0.2) is 49.5 Å². The van der Waals surface area contributed by atoms with Crippen LogP contribution in [-0.2, 0) is 9.59 Å². The van der Waals surface area contributed by atoms with Gasteiger partial charge < -0.3 is 24.4 Å². The minimum absolute atomic E-state index is 0.0974. The van der Waals surface area contributed by atoms with Gasteiger partial charge in [0.25, 0.3) is 0 Å². The lowest BCUT2D eigenvalue weighted by Crippen LogP contribution is -2.28. The fourth-order valence-electron chi connectivity index (χ4n) is 4.06. The maximum atomic E-state index is 13.1. The molecule has 1 N–H and O–H groups in total. The first-order valence-electron chi connectivity index (χ1n) is 10.9. The van der Waals surface area contributed by atoms with Gasteiger partial charge >= 0.3 is 0 Å². The fourth-order valence-corrected chi connectivity index (χ4v) is 4.06. The van der Waals surface area contributed by atoms with E-state index in [1.165, 1.54) is 21.3 Å². The van der Waals surface area contributed by atoms with E-state index >= 15 is 0 Å². The quantitative estimate of drug-likeness (QED) is 0.575. The Balaban J connectivity index is 1.54. The molecule has 1 aliphatic rings. The van der Waals surface area contributed by atoms with E-state index in [2.05, 4.69) is 10.4 Å². The Labute approximate surface area is 198 Å². The zero-order valence-electron chi connectivity index (χ0n) is 19.9. The molecule has 0 saturated carbocycles. The minimum atomic E-state index is -0.520. The molecular weight excluding hydrogens is 436 g/mol. The van der Waals surface area contributed by atoms with E-state index in [1.54, 1.807) is 21.7 Å². The van der Waals surface area contributed by atoms with Crippen LogP contribution < -0.4 is 24.4 Å². The van der Waals surface area contributed by atoms with E-state index in [-0.39, 0.29) is 24.8 Å². The summed E-state index contributed by atoms with van der Waals surface area (Å²) in [5, 5.41) is 7.46. The summed E-state index contributed by atoms with van der Waals surface area (Å²) in [7, 11) is 4.55. The third-order valence-electron chi connectivity index (χ3n) is 5.82. The number of anilines is 2. The van der Waals surface area contributed by atoms with Gasteiger partial charge in [-0.1, -0.05) is 17.7 Å². The molecule has 2 aromatic carbocycles. The number of nitrogens with one attached hydrogen (secondary N) is 1. The lowest BCUT2D eigenvalue weighted by Gasteiger charge is -2.20. The molecule has 1 fully saturated rings. The minimum Gasteiger partial charge on any atom is -0.493 e. The summed E-state index contributed by atoms with van der Waals surface area (Å²) in [6.07, 6.45) is 0.0974. The van der Waals surface area contributed by atoms with Crippen molar-refractivity contribution in [1.82, 2.24) is 9.78 Å². The molecular formula is C25H28N4O5. The van der Waals surface area contributed by atoms with Crippen molar-refractivity contribution in [2.75, 3.05) is 38.1 Å². The number of nitrogens with zero attached hydrogens (tertiary/aromatic N) is 3. The second kappa shape index (κ2) is 9.46. The number of amides is 2. The Morgan fingerprint density at radius 1 is 0.971 bits per heavy atom. The van der Waals surface area contributed by atoms with Gasteiger partial charge in [-0.05, 0) is 26.0 Å². The average molecular weight is 465 g/mol. The molecule has 2 heterocycles. The average Bonchev–Trinajstić information content (AvgIpc) is 3.40. The molecule has 1 aliphatic heterocycles. The highest BCUT2D eigenvalue weighted by Gasteiger charge is 2.36. The topological polar surface area (TPSA) is 94.9 Å². The van der Waals surface area contributed by atoms with Gasteiger partial charge in [-0.25, -0.2) is 4.68 Å². The van der Waals surface area contributed by atoms with E-state index in [9.17, 15) is 9.59 Å². The maximum Gasteiger partial charge on any atom is 0.230 e. The Hall–Kier alpha value is -4.01. The predicted octanol–water partition coefficient (Wildman–Crippen LogP) is 3.51. The zero-order valence-corrected chi connectivity index (χ0v) is 19.9. The van der Waals surface area contributed by atoms with Crippen molar-refractivity contribution in [3.05, 3.63) is 53.7 Å². The van der Waals surface area contributed by atoms with Crippen LogP contribution >= 0.6 is 0 Å².